The van der Waals surface area contributed by atoms with Crippen molar-refractivity contribution >= 4 is 16.9 Å². The van der Waals surface area contributed by atoms with Crippen LogP contribution in [-0.2, 0) is 13.1 Å². The van der Waals surface area contributed by atoms with E-state index in [1.165, 1.54) is 57.8 Å². The predicted octanol–water partition coefficient (Wildman–Crippen LogP) is 6.28. The van der Waals surface area contributed by atoms with Crippen LogP contribution >= 0.6 is 0 Å². The van der Waals surface area contributed by atoms with Gasteiger partial charge in [-0.3, -0.25) is 9.78 Å². The number of hydrogen-bond acceptors (Lipinski definition) is 3. The lowest BCUT2D eigenvalue weighted by molar-refractivity contribution is 0.0949. The van der Waals surface area contributed by atoms with E-state index in [4.69, 9.17) is 4.98 Å². The van der Waals surface area contributed by atoms with E-state index in [9.17, 15) is 4.79 Å². The van der Waals surface area contributed by atoms with Crippen molar-refractivity contribution in [2.24, 2.45) is 0 Å². The Morgan fingerprint density at radius 1 is 0.871 bits per heavy atom. The highest BCUT2D eigenvalue weighted by atomic mass is 16.1. The van der Waals surface area contributed by atoms with Gasteiger partial charge in [0.25, 0.3) is 5.91 Å². The number of fused-ring (bicyclic) bond motifs is 1. The predicted molar refractivity (Wildman–Crippen MR) is 127 cm³/mol. The van der Waals surface area contributed by atoms with Crippen LogP contribution in [0.25, 0.3) is 11.0 Å². The second kappa shape index (κ2) is 12.9. The van der Waals surface area contributed by atoms with Crippen molar-refractivity contribution in [3.63, 3.8) is 0 Å². The van der Waals surface area contributed by atoms with Crippen molar-refractivity contribution in [3.8, 4) is 0 Å². The van der Waals surface area contributed by atoms with Gasteiger partial charge in [-0.1, -0.05) is 76.8 Å². The number of unbranched alkanes of at least 4 members (excludes halogenated alkanes) is 9. The molecule has 0 aliphatic rings. The number of pyridine rings is 1. The lowest BCUT2D eigenvalue weighted by atomic mass is 10.1. The molecule has 0 saturated carbocycles. The van der Waals surface area contributed by atoms with Crippen LogP contribution in [0.15, 0.2) is 48.8 Å². The molecule has 0 unspecified atom stereocenters. The molecule has 5 heteroatoms. The quantitative estimate of drug-likeness (QED) is 0.312. The van der Waals surface area contributed by atoms with Gasteiger partial charge >= 0.3 is 0 Å². The van der Waals surface area contributed by atoms with Gasteiger partial charge < -0.3 is 9.88 Å². The molecule has 5 nitrogen and oxygen atoms in total. The maximum Gasteiger partial charge on any atom is 0.251 e. The molecular weight excluding hydrogens is 384 g/mol. The molecule has 3 rings (SSSR count). The van der Waals surface area contributed by atoms with Crippen molar-refractivity contribution in [2.45, 2.75) is 84.2 Å². The molecule has 0 bridgehead atoms. The lowest BCUT2D eigenvalue weighted by Crippen LogP contribution is -2.24. The van der Waals surface area contributed by atoms with Crippen molar-refractivity contribution in [1.29, 1.82) is 0 Å². The number of carbonyl (C=O) groups is 1. The highest BCUT2D eigenvalue weighted by molar-refractivity contribution is 5.93. The van der Waals surface area contributed by atoms with Crippen LogP contribution < -0.4 is 5.32 Å². The third-order valence-corrected chi connectivity index (χ3v) is 5.82. The first-order valence-corrected chi connectivity index (χ1v) is 11.9. The summed E-state index contributed by atoms with van der Waals surface area (Å²) in [4.78, 5) is 21.2. The van der Waals surface area contributed by atoms with E-state index in [0.717, 1.165) is 29.8 Å². The van der Waals surface area contributed by atoms with Gasteiger partial charge in [-0.05, 0) is 30.7 Å². The highest BCUT2D eigenvalue weighted by Gasteiger charge is 2.12. The largest absolute Gasteiger partial charge is 0.345 e. The Morgan fingerprint density at radius 2 is 1.52 bits per heavy atom. The molecule has 1 N–H and O–H groups in total. The van der Waals surface area contributed by atoms with Crippen LogP contribution in [0.1, 0.15) is 87.3 Å². The molecule has 0 spiro atoms. The minimum Gasteiger partial charge on any atom is -0.345 e. The topological polar surface area (TPSA) is 59.8 Å². The first-order valence-electron chi connectivity index (χ1n) is 11.9. The van der Waals surface area contributed by atoms with Crippen molar-refractivity contribution in [2.75, 3.05) is 0 Å². The summed E-state index contributed by atoms with van der Waals surface area (Å²) in [7, 11) is 0. The lowest BCUT2D eigenvalue weighted by Gasteiger charge is -2.10. The Bertz CT molecular complexity index is 920. The summed E-state index contributed by atoms with van der Waals surface area (Å²) >= 11 is 0. The minimum absolute atomic E-state index is 0.0973. The van der Waals surface area contributed by atoms with Gasteiger partial charge in [-0.2, -0.15) is 0 Å². The molecule has 0 radical (unpaired) electrons. The van der Waals surface area contributed by atoms with E-state index < -0.39 is 0 Å². The average molecular weight is 421 g/mol. The summed E-state index contributed by atoms with van der Waals surface area (Å²) in [6, 6.07) is 11.7. The Morgan fingerprint density at radius 3 is 2.23 bits per heavy atom. The molecule has 2 aromatic heterocycles. The number of para-hydroxylation sites is 2. The van der Waals surface area contributed by atoms with E-state index in [1.807, 2.05) is 12.1 Å². The van der Waals surface area contributed by atoms with Gasteiger partial charge in [0, 0.05) is 24.5 Å². The summed E-state index contributed by atoms with van der Waals surface area (Å²) in [6.07, 6.45) is 16.5. The third-order valence-electron chi connectivity index (χ3n) is 5.82. The molecule has 0 aliphatic carbocycles. The van der Waals surface area contributed by atoms with E-state index in [-0.39, 0.29) is 5.91 Å². The maximum absolute atomic E-state index is 12.4. The van der Waals surface area contributed by atoms with Gasteiger partial charge in [0.15, 0.2) is 0 Å². The third kappa shape index (κ3) is 7.20. The summed E-state index contributed by atoms with van der Waals surface area (Å²) in [5.74, 6) is 0.819. The molecule has 0 fully saturated rings. The number of carbonyl (C=O) groups excluding carboxylic acids is 1. The fourth-order valence-electron chi connectivity index (χ4n) is 4.03. The fourth-order valence-corrected chi connectivity index (χ4v) is 4.03. The number of nitrogens with zero attached hydrogens (tertiary/aromatic N) is 3. The molecule has 31 heavy (non-hydrogen) atoms. The summed E-state index contributed by atoms with van der Waals surface area (Å²) in [5.41, 5.74) is 2.75. The summed E-state index contributed by atoms with van der Waals surface area (Å²) < 4.78 is 2.27. The Balaban J connectivity index is 1.48. The highest BCUT2D eigenvalue weighted by Crippen LogP contribution is 2.18. The average Bonchev–Trinajstić information content (AvgIpc) is 3.16. The van der Waals surface area contributed by atoms with Crippen molar-refractivity contribution in [3.05, 3.63) is 60.2 Å². The molecule has 1 aromatic carbocycles. The number of rotatable bonds is 14. The van der Waals surface area contributed by atoms with Gasteiger partial charge in [-0.25, -0.2) is 4.98 Å². The molecule has 2 heterocycles. The number of benzene rings is 1. The molecule has 0 saturated heterocycles. The van der Waals surface area contributed by atoms with Crippen molar-refractivity contribution in [1.82, 2.24) is 19.9 Å². The second-order valence-electron chi connectivity index (χ2n) is 8.27. The number of nitrogens with one attached hydrogen (secondary N) is 1. The van der Waals surface area contributed by atoms with Crippen LogP contribution in [0, 0.1) is 0 Å². The number of imidazole rings is 1. The number of aromatic nitrogens is 3. The van der Waals surface area contributed by atoms with Gasteiger partial charge in [0.2, 0.25) is 0 Å². The maximum atomic E-state index is 12.4. The Kier molecular flexibility index (Phi) is 9.55. The Hall–Kier alpha value is -2.69. The van der Waals surface area contributed by atoms with Crippen LogP contribution in [-0.4, -0.2) is 20.4 Å². The van der Waals surface area contributed by atoms with Gasteiger partial charge in [-0.15, -0.1) is 0 Å². The minimum atomic E-state index is -0.0973. The zero-order valence-electron chi connectivity index (χ0n) is 18.9. The first-order chi connectivity index (χ1) is 15.3. The summed E-state index contributed by atoms with van der Waals surface area (Å²) in [6.45, 7) is 3.63. The van der Waals surface area contributed by atoms with Gasteiger partial charge in [0.05, 0.1) is 17.6 Å². The first kappa shape index (κ1) is 23.0. The normalized spacial score (nSPS) is 11.1. The standard InChI is InChI=1S/C26H36N4O/c1-2-3-4-5-6-7-8-9-10-13-20-30-24-15-12-11-14-23(24)29-25(30)21-28-26(31)22-16-18-27-19-17-22/h11-12,14-19H,2-10,13,20-21H2,1H3,(H,28,31). The SMILES string of the molecule is CCCCCCCCCCCCn1c(CNC(=O)c2ccncc2)nc2ccccc21. The van der Waals surface area contributed by atoms with Crippen LogP contribution in [0.2, 0.25) is 0 Å². The zero-order valence-corrected chi connectivity index (χ0v) is 18.9. The smallest absolute Gasteiger partial charge is 0.251 e. The zero-order chi connectivity index (χ0) is 21.7. The molecule has 0 atom stereocenters. The molecular formula is C26H36N4O. The number of aryl methyl sites for hydroxylation is 1. The molecule has 166 valence electrons. The van der Waals surface area contributed by atoms with E-state index in [2.05, 4.69) is 33.9 Å². The molecule has 1 amide bonds. The van der Waals surface area contributed by atoms with E-state index in [0.29, 0.717) is 12.1 Å². The number of hydrogen-bond donors (Lipinski definition) is 1. The molecule has 3 aromatic rings. The summed E-state index contributed by atoms with van der Waals surface area (Å²) in [5, 5.41) is 3.01. The second-order valence-corrected chi connectivity index (χ2v) is 8.27. The van der Waals surface area contributed by atoms with E-state index >= 15 is 0 Å². The van der Waals surface area contributed by atoms with Crippen LogP contribution in [0.4, 0.5) is 0 Å². The van der Waals surface area contributed by atoms with E-state index in [1.54, 1.807) is 24.5 Å². The van der Waals surface area contributed by atoms with Crippen LogP contribution in [0.5, 0.6) is 0 Å². The fraction of sp³-hybridized carbons (Fsp3) is 0.500. The van der Waals surface area contributed by atoms with Crippen LogP contribution in [0.3, 0.4) is 0 Å². The van der Waals surface area contributed by atoms with Gasteiger partial charge in [0.1, 0.15) is 5.82 Å². The monoisotopic (exact) mass is 420 g/mol. The number of amides is 1. The van der Waals surface area contributed by atoms with Crippen molar-refractivity contribution < 1.29 is 4.79 Å². The molecule has 0 aliphatic heterocycles. The Labute approximate surface area is 186 Å².